The maximum Gasteiger partial charge on any atom is 0.491 e. The number of hydrogen-bond donors (Lipinski definition) is 5. The lowest BCUT2D eigenvalue weighted by atomic mass is 9.74. The number of carboxylic acids is 1. The number of para-hydroxylation sites is 1. The molecule has 2 atom stereocenters. The number of hydrogen-bond acceptors (Lipinski definition) is 9. The highest BCUT2D eigenvalue weighted by molar-refractivity contribution is 6.62. The Labute approximate surface area is 264 Å². The van der Waals surface area contributed by atoms with Crippen LogP contribution < -0.4 is 26.7 Å². The minimum atomic E-state index is -1.29. The highest BCUT2D eigenvalue weighted by Crippen LogP contribution is 2.35. The molecule has 0 aromatic heterocycles. The van der Waals surface area contributed by atoms with Gasteiger partial charge >= 0.3 is 20.2 Å². The van der Waals surface area contributed by atoms with Gasteiger partial charge in [-0.25, -0.2) is 0 Å². The molecule has 3 aromatic carbocycles. The Morgan fingerprint density at radius 2 is 1.78 bits per heavy atom. The number of ether oxygens (including phenoxy) is 1. The van der Waals surface area contributed by atoms with E-state index in [9.17, 15) is 34.3 Å². The second-order valence-corrected chi connectivity index (χ2v) is 11.4. The van der Waals surface area contributed by atoms with E-state index in [2.05, 4.69) is 5.32 Å². The number of primary amides is 1. The normalized spacial score (nSPS) is 17.5. The largest absolute Gasteiger partial charge is 0.496 e. The Morgan fingerprint density at radius 3 is 2.52 bits per heavy atom. The van der Waals surface area contributed by atoms with Gasteiger partial charge in [0, 0.05) is 23.2 Å². The molecule has 0 unspecified atom stereocenters. The molecule has 0 saturated carbocycles. The molecule has 13 nitrogen and oxygen atoms in total. The maximum absolute atomic E-state index is 14.4. The van der Waals surface area contributed by atoms with Crippen LogP contribution in [-0.2, 0) is 32.1 Å². The highest BCUT2D eigenvalue weighted by atomic mass is 16.5. The van der Waals surface area contributed by atoms with Gasteiger partial charge in [0.1, 0.15) is 11.8 Å². The van der Waals surface area contributed by atoms with Crippen molar-refractivity contribution in [3.05, 3.63) is 76.3 Å². The number of nitrogens with zero attached hydrogens (tertiary/aromatic N) is 1. The van der Waals surface area contributed by atoms with Crippen molar-refractivity contribution in [2.75, 3.05) is 13.7 Å². The van der Waals surface area contributed by atoms with Gasteiger partial charge < -0.3 is 45.2 Å². The fourth-order valence-corrected chi connectivity index (χ4v) is 6.46. The summed E-state index contributed by atoms with van der Waals surface area (Å²) < 4.78 is 16.2. The number of carbonyl (C=O) groups is 4. The second-order valence-electron chi connectivity index (χ2n) is 11.4. The van der Waals surface area contributed by atoms with Crippen molar-refractivity contribution in [2.24, 2.45) is 5.73 Å². The molecule has 3 aliphatic heterocycles. The summed E-state index contributed by atoms with van der Waals surface area (Å²) in [7, 11) is -1.10. The van der Waals surface area contributed by atoms with Crippen LogP contribution in [0, 0.1) is 0 Å². The number of nitrogens with two attached hydrogens (primary N) is 1. The van der Waals surface area contributed by atoms with Crippen molar-refractivity contribution in [1.82, 2.24) is 10.2 Å². The molecule has 0 spiro atoms. The van der Waals surface area contributed by atoms with Gasteiger partial charge in [-0.15, -0.1) is 0 Å². The summed E-state index contributed by atoms with van der Waals surface area (Å²) in [6, 6.07) is 11.2. The third-order valence-corrected chi connectivity index (χ3v) is 8.71. The predicted octanol–water partition coefficient (Wildman–Crippen LogP) is -0.167. The molecule has 0 bridgehead atoms. The number of aliphatic carboxylic acids is 1. The van der Waals surface area contributed by atoms with Gasteiger partial charge in [0.25, 0.3) is 5.91 Å². The van der Waals surface area contributed by atoms with Gasteiger partial charge in [-0.3, -0.25) is 19.2 Å². The summed E-state index contributed by atoms with van der Waals surface area (Å²) in [5.41, 5.74) is 9.10. The van der Waals surface area contributed by atoms with Crippen LogP contribution in [-0.4, -0.2) is 77.7 Å². The Kier molecular flexibility index (Phi) is 8.57. The molecule has 3 aromatic rings. The number of amides is 3. The Hall–Kier alpha value is -4.69. The molecule has 3 heterocycles. The first-order chi connectivity index (χ1) is 22.1. The minimum Gasteiger partial charge on any atom is -0.496 e. The molecule has 3 aliphatic rings. The summed E-state index contributed by atoms with van der Waals surface area (Å²) in [6.45, 7) is 0.334. The van der Waals surface area contributed by atoms with Gasteiger partial charge in [-0.05, 0) is 76.4 Å². The van der Waals surface area contributed by atoms with Crippen molar-refractivity contribution in [3.8, 4) is 16.9 Å². The summed E-state index contributed by atoms with van der Waals surface area (Å²) in [5.74, 6) is -2.49. The molecular formula is C31H31B2N3O10. The number of methoxy groups -OCH3 is 1. The van der Waals surface area contributed by atoms with E-state index >= 15 is 0 Å². The number of fused-ring (bicyclic) bond motifs is 2. The van der Waals surface area contributed by atoms with Gasteiger partial charge in [-0.2, -0.15) is 0 Å². The van der Waals surface area contributed by atoms with Crippen LogP contribution in [0.1, 0.15) is 62.7 Å². The van der Waals surface area contributed by atoms with E-state index < -0.39 is 56.4 Å². The van der Waals surface area contributed by atoms with E-state index in [0.717, 1.165) is 0 Å². The topological polar surface area (TPSA) is 198 Å². The molecular weight excluding hydrogens is 596 g/mol. The van der Waals surface area contributed by atoms with Gasteiger partial charge in [0.15, 0.2) is 0 Å². The lowest BCUT2D eigenvalue weighted by Gasteiger charge is -2.28. The Bertz CT molecular complexity index is 1750. The monoisotopic (exact) mass is 627 g/mol. The molecule has 3 amide bonds. The highest BCUT2D eigenvalue weighted by Gasteiger charge is 2.39. The second kappa shape index (κ2) is 12.6. The average molecular weight is 627 g/mol. The third kappa shape index (κ3) is 5.73. The molecule has 46 heavy (non-hydrogen) atoms. The van der Waals surface area contributed by atoms with Crippen molar-refractivity contribution < 1.29 is 48.4 Å². The van der Waals surface area contributed by atoms with Crippen molar-refractivity contribution in [1.29, 1.82) is 0 Å². The van der Waals surface area contributed by atoms with Gasteiger partial charge in [0.05, 0.1) is 32.8 Å². The minimum absolute atomic E-state index is 0.0113. The summed E-state index contributed by atoms with van der Waals surface area (Å²) in [5, 5.41) is 33.4. The van der Waals surface area contributed by atoms with E-state index in [1.54, 1.807) is 30.3 Å². The van der Waals surface area contributed by atoms with Crippen LogP contribution in [0.5, 0.6) is 5.75 Å². The maximum atomic E-state index is 14.4. The summed E-state index contributed by atoms with van der Waals surface area (Å²) in [6.07, 6.45) is 0.442. The van der Waals surface area contributed by atoms with E-state index in [1.165, 1.54) is 30.2 Å². The number of benzene rings is 3. The zero-order valence-electron chi connectivity index (χ0n) is 24.9. The van der Waals surface area contributed by atoms with Crippen LogP contribution in [0.15, 0.2) is 48.5 Å². The third-order valence-electron chi connectivity index (χ3n) is 8.71. The van der Waals surface area contributed by atoms with Crippen LogP contribution >= 0.6 is 0 Å². The molecule has 1 fully saturated rings. The lowest BCUT2D eigenvalue weighted by molar-refractivity contribution is -0.138. The van der Waals surface area contributed by atoms with E-state index in [1.807, 2.05) is 0 Å². The van der Waals surface area contributed by atoms with Crippen LogP contribution in [0.25, 0.3) is 11.1 Å². The lowest BCUT2D eigenvalue weighted by Crippen LogP contribution is -2.47. The number of carboxylic acid groups (broad SMARTS) is 1. The quantitative estimate of drug-likeness (QED) is 0.199. The van der Waals surface area contributed by atoms with E-state index in [4.69, 9.17) is 19.8 Å². The molecule has 0 radical (unpaired) electrons. The van der Waals surface area contributed by atoms with E-state index in [0.29, 0.717) is 57.3 Å². The SMILES string of the molecule is COc1ccccc1[C@H](CC(=O)O)NC(=O)[C@@H]1CCCN1C(=O)c1cc2c(cc1-c1cc(C(N)=O)cc3c1COB3O)COB2O. The molecule has 6 N–H and O–H groups in total. The molecule has 15 heteroatoms. The van der Waals surface area contributed by atoms with Crippen molar-refractivity contribution >= 4 is 48.9 Å². The number of rotatable bonds is 9. The van der Waals surface area contributed by atoms with Gasteiger partial charge in [0.2, 0.25) is 11.8 Å². The Morgan fingerprint density at radius 1 is 1.04 bits per heavy atom. The molecule has 0 aliphatic carbocycles. The zero-order chi connectivity index (χ0) is 32.7. The Balaban J connectivity index is 1.38. The van der Waals surface area contributed by atoms with Crippen LogP contribution in [0.2, 0.25) is 0 Å². The molecule has 1 saturated heterocycles. The molecule has 236 valence electrons. The first-order valence-electron chi connectivity index (χ1n) is 14.8. The fraction of sp³-hybridized carbons (Fsp3) is 0.290. The fourth-order valence-electron chi connectivity index (χ4n) is 6.46. The van der Waals surface area contributed by atoms with Crippen molar-refractivity contribution in [3.63, 3.8) is 0 Å². The first kappa shape index (κ1) is 31.3. The number of carbonyl (C=O) groups excluding carboxylic acids is 3. The zero-order valence-corrected chi connectivity index (χ0v) is 24.9. The standard InChI is InChI=1S/C31H31B2N3O10/c1-44-27-7-3-2-5-18(27)25(13-28(37)38)35-30(40)26-6-4-8-36(26)31(41)21-12-23-17(14-45-32(23)42)10-19(21)20-9-16(29(34)39)11-24-22(20)15-46-33(24)43/h2-3,5,7,9-12,25-26,42-43H,4,6,8,13-15H2,1H3,(H2,34,39)(H,35,40)(H,37,38)/t25-,26-/m0/s1. The average Bonchev–Trinajstić information content (AvgIpc) is 3.78. The van der Waals surface area contributed by atoms with Crippen LogP contribution in [0.4, 0.5) is 0 Å². The van der Waals surface area contributed by atoms with Crippen molar-refractivity contribution in [2.45, 2.75) is 44.6 Å². The molecule has 6 rings (SSSR count). The van der Waals surface area contributed by atoms with Gasteiger partial charge in [-0.1, -0.05) is 18.2 Å². The summed E-state index contributed by atoms with van der Waals surface area (Å²) >= 11 is 0. The number of likely N-dealkylation sites (tertiary alicyclic amines) is 1. The number of nitrogens with one attached hydrogen (secondary N) is 1. The van der Waals surface area contributed by atoms with E-state index in [-0.39, 0.29) is 30.9 Å². The summed E-state index contributed by atoms with van der Waals surface area (Å²) in [4.78, 5) is 53.6. The first-order valence-corrected chi connectivity index (χ1v) is 14.8. The predicted molar refractivity (Wildman–Crippen MR) is 165 cm³/mol. The van der Waals surface area contributed by atoms with Crippen LogP contribution in [0.3, 0.4) is 0 Å². The smallest absolute Gasteiger partial charge is 0.491 e.